The highest BCUT2D eigenvalue weighted by Crippen LogP contribution is 2.30. The second-order valence-corrected chi connectivity index (χ2v) is 13.2. The predicted octanol–water partition coefficient (Wildman–Crippen LogP) is 5.39. The van der Waals surface area contributed by atoms with E-state index < -0.39 is 33.7 Å². The Labute approximate surface area is 265 Å². The number of carbonyl (C=O) groups excluding carboxylic acids is 2. The van der Waals surface area contributed by atoms with E-state index in [1.807, 2.05) is 17.0 Å². The number of amides is 2. The van der Waals surface area contributed by atoms with Crippen LogP contribution < -0.4 is 15.4 Å². The number of sulfonamides is 1. The molecule has 238 valence electrons. The molecule has 0 saturated heterocycles. The Kier molecular flexibility index (Phi) is 11.7. The lowest BCUT2D eigenvalue weighted by Crippen LogP contribution is -2.49. The Morgan fingerprint density at radius 2 is 1.69 bits per heavy atom. The molecule has 2 atom stereocenters. The molecule has 0 aliphatic carbocycles. The van der Waals surface area contributed by atoms with Gasteiger partial charge in [0, 0.05) is 30.2 Å². The van der Waals surface area contributed by atoms with Crippen LogP contribution in [0.5, 0.6) is 0 Å². The van der Waals surface area contributed by atoms with E-state index in [1.165, 1.54) is 36.0 Å². The van der Waals surface area contributed by atoms with Gasteiger partial charge < -0.3 is 15.2 Å². The largest absolute Gasteiger partial charge is 0.376 e. The van der Waals surface area contributed by atoms with Crippen LogP contribution in [0.1, 0.15) is 41.7 Å². The van der Waals surface area contributed by atoms with Crippen LogP contribution in [-0.4, -0.2) is 53.6 Å². The average Bonchev–Trinajstić information content (AvgIpc) is 3.52. The van der Waals surface area contributed by atoms with Crippen molar-refractivity contribution in [3.8, 4) is 11.1 Å². The van der Waals surface area contributed by atoms with Gasteiger partial charge in [-0.2, -0.15) is 11.8 Å². The van der Waals surface area contributed by atoms with E-state index in [-0.39, 0.29) is 29.6 Å². The minimum atomic E-state index is -3.85. The summed E-state index contributed by atoms with van der Waals surface area (Å²) in [5.74, 6) is -1.93. The molecular formula is C32H35F2N5O4S2. The van der Waals surface area contributed by atoms with Gasteiger partial charge in [-0.05, 0) is 84.0 Å². The summed E-state index contributed by atoms with van der Waals surface area (Å²) in [6, 6.07) is 15.4. The number of carbonyl (C=O) groups is 2. The fraction of sp³-hybridized carbons (Fsp3) is 0.281. The minimum absolute atomic E-state index is 0.207. The molecule has 0 bridgehead atoms. The van der Waals surface area contributed by atoms with Crippen molar-refractivity contribution in [2.24, 2.45) is 0 Å². The molecule has 3 aromatic carbocycles. The van der Waals surface area contributed by atoms with E-state index in [0.717, 1.165) is 5.56 Å². The molecule has 0 spiro atoms. The molecule has 3 N–H and O–H groups in total. The fourth-order valence-corrected chi connectivity index (χ4v) is 6.28. The van der Waals surface area contributed by atoms with Crippen LogP contribution in [0.3, 0.4) is 0 Å². The van der Waals surface area contributed by atoms with E-state index in [4.69, 9.17) is 0 Å². The molecular weight excluding hydrogens is 621 g/mol. The predicted molar refractivity (Wildman–Crippen MR) is 173 cm³/mol. The molecule has 13 heteroatoms. The van der Waals surface area contributed by atoms with E-state index >= 15 is 0 Å². The topological polar surface area (TPSA) is 122 Å². The Hall–Kier alpha value is -4.23. The van der Waals surface area contributed by atoms with Crippen LogP contribution >= 0.6 is 11.8 Å². The van der Waals surface area contributed by atoms with Crippen molar-refractivity contribution in [1.29, 1.82) is 0 Å². The third-order valence-electron chi connectivity index (χ3n) is 6.95. The zero-order valence-electron chi connectivity index (χ0n) is 24.9. The van der Waals surface area contributed by atoms with Gasteiger partial charge in [0.05, 0.1) is 18.1 Å². The second kappa shape index (κ2) is 15.7. The summed E-state index contributed by atoms with van der Waals surface area (Å²) >= 11 is 1.46. The maximum absolute atomic E-state index is 13.9. The Morgan fingerprint density at radius 3 is 2.31 bits per heavy atom. The number of halogens is 2. The Balaban J connectivity index is 1.67. The van der Waals surface area contributed by atoms with Crippen LogP contribution in [0.2, 0.25) is 0 Å². The van der Waals surface area contributed by atoms with Crippen molar-refractivity contribution in [3.05, 3.63) is 108 Å². The van der Waals surface area contributed by atoms with Gasteiger partial charge in [0.1, 0.15) is 17.7 Å². The number of anilines is 1. The number of nitrogens with one attached hydrogen (secondary N) is 3. The molecule has 1 aromatic heterocycles. The number of rotatable bonds is 15. The van der Waals surface area contributed by atoms with Crippen LogP contribution in [0.15, 0.2) is 85.5 Å². The highest BCUT2D eigenvalue weighted by atomic mass is 32.2. The first-order valence-electron chi connectivity index (χ1n) is 14.3. The Morgan fingerprint density at radius 1 is 1.00 bits per heavy atom. The molecule has 0 saturated carbocycles. The first-order chi connectivity index (χ1) is 21.6. The van der Waals surface area contributed by atoms with Crippen molar-refractivity contribution in [3.63, 3.8) is 0 Å². The zero-order chi connectivity index (χ0) is 32.4. The number of nitrogens with zero attached hydrogens (tertiary/aromatic N) is 2. The Bertz CT molecular complexity index is 1680. The van der Waals surface area contributed by atoms with E-state index in [1.54, 1.807) is 61.9 Å². The maximum atomic E-state index is 13.9. The molecule has 4 aromatic rings. The monoisotopic (exact) mass is 655 g/mol. The highest BCUT2D eigenvalue weighted by Gasteiger charge is 2.26. The van der Waals surface area contributed by atoms with Gasteiger partial charge in [-0.15, -0.1) is 0 Å². The lowest BCUT2D eigenvalue weighted by Gasteiger charge is -2.23. The first-order valence-corrected chi connectivity index (χ1v) is 17.3. The number of hydrogen-bond acceptors (Lipinski definition) is 7. The molecule has 0 aliphatic rings. The second-order valence-electron chi connectivity index (χ2n) is 10.4. The lowest BCUT2D eigenvalue weighted by atomic mass is 9.97. The van der Waals surface area contributed by atoms with Gasteiger partial charge >= 0.3 is 0 Å². The summed E-state index contributed by atoms with van der Waals surface area (Å²) in [7, 11) is -3.85. The van der Waals surface area contributed by atoms with Crippen molar-refractivity contribution >= 4 is 39.3 Å². The molecule has 1 unspecified atom stereocenters. The van der Waals surface area contributed by atoms with Crippen LogP contribution in [0.25, 0.3) is 11.1 Å². The van der Waals surface area contributed by atoms with Crippen molar-refractivity contribution in [2.75, 3.05) is 23.1 Å². The molecule has 2 amide bonds. The number of aromatic nitrogens is 2. The molecule has 0 aliphatic heterocycles. The molecule has 0 radical (unpaired) electrons. The standard InChI is InChI=1S/C32H35F2N5O4S2/c1-3-18-45(42,43)38-32(41)29(14-17-44-2)37-31(40)27-13-12-26(19-28(27)22-4-8-24(33)9-5-22)36-30(20-39-16-15-35-21-39)23-6-10-25(34)11-7-23/h4-13,15-16,19,21,29-30,36H,3,14,17-18,20H2,1-2H3,(H,37,40)(H,38,41)/t29-,30?/m0/s1. The van der Waals surface area contributed by atoms with Crippen molar-refractivity contribution in [2.45, 2.75) is 38.4 Å². The summed E-state index contributed by atoms with van der Waals surface area (Å²) in [6.07, 6.45) is 7.53. The van der Waals surface area contributed by atoms with Gasteiger partial charge in [-0.3, -0.25) is 14.3 Å². The number of thioether (sulfide) groups is 1. The fourth-order valence-electron chi connectivity index (χ4n) is 4.72. The van der Waals surface area contributed by atoms with Gasteiger partial charge in [0.15, 0.2) is 0 Å². The van der Waals surface area contributed by atoms with E-state index in [0.29, 0.717) is 35.5 Å². The summed E-state index contributed by atoms with van der Waals surface area (Å²) in [4.78, 5) is 30.8. The lowest BCUT2D eigenvalue weighted by molar-refractivity contribution is -0.121. The smallest absolute Gasteiger partial charge is 0.256 e. The van der Waals surface area contributed by atoms with Gasteiger partial charge in [0.25, 0.3) is 11.8 Å². The van der Waals surface area contributed by atoms with Crippen LogP contribution in [0.4, 0.5) is 14.5 Å². The molecule has 9 nitrogen and oxygen atoms in total. The number of benzene rings is 3. The van der Waals surface area contributed by atoms with Crippen LogP contribution in [-0.2, 0) is 21.4 Å². The van der Waals surface area contributed by atoms with Gasteiger partial charge in [-0.25, -0.2) is 22.2 Å². The minimum Gasteiger partial charge on any atom is -0.376 e. The SMILES string of the molecule is CCCS(=O)(=O)NC(=O)[C@H](CCSC)NC(=O)c1ccc(NC(Cn2ccnc2)c2ccc(F)cc2)cc1-c1ccc(F)cc1. The quantitative estimate of drug-likeness (QED) is 0.157. The van der Waals surface area contributed by atoms with E-state index in [9.17, 15) is 26.8 Å². The van der Waals surface area contributed by atoms with E-state index in [2.05, 4.69) is 20.3 Å². The molecule has 4 rings (SSSR count). The molecule has 0 fully saturated rings. The highest BCUT2D eigenvalue weighted by molar-refractivity contribution is 7.98. The third kappa shape index (κ3) is 9.63. The molecule has 45 heavy (non-hydrogen) atoms. The van der Waals surface area contributed by atoms with Gasteiger partial charge in [-0.1, -0.05) is 31.2 Å². The van der Waals surface area contributed by atoms with Gasteiger partial charge in [0.2, 0.25) is 10.0 Å². The summed E-state index contributed by atoms with van der Waals surface area (Å²) in [5, 5.41) is 6.16. The maximum Gasteiger partial charge on any atom is 0.256 e. The summed E-state index contributed by atoms with van der Waals surface area (Å²) in [5.41, 5.74) is 2.66. The van der Waals surface area contributed by atoms with Crippen LogP contribution in [0, 0.1) is 11.6 Å². The normalized spacial score (nSPS) is 12.7. The average molecular weight is 656 g/mol. The van der Waals surface area contributed by atoms with Crippen molar-refractivity contribution in [1.82, 2.24) is 19.6 Å². The summed E-state index contributed by atoms with van der Waals surface area (Å²) in [6.45, 7) is 2.15. The first kappa shape index (κ1) is 33.7. The number of imidazole rings is 1. The summed E-state index contributed by atoms with van der Waals surface area (Å²) < 4.78 is 56.1. The third-order valence-corrected chi connectivity index (χ3v) is 9.05. The van der Waals surface area contributed by atoms with Crippen molar-refractivity contribution < 1.29 is 26.8 Å². The number of hydrogen-bond donors (Lipinski definition) is 3. The molecule has 1 heterocycles. The zero-order valence-corrected chi connectivity index (χ0v) is 26.5.